The largest absolute Gasteiger partial charge is 0.456 e. The first kappa shape index (κ1) is 35.3. The number of benzene rings is 10. The molecule has 1 aliphatic carbocycles. The number of fused-ring (bicyclic) bond motifs is 15. The van der Waals surface area contributed by atoms with Crippen molar-refractivity contribution < 1.29 is 4.42 Å². The Labute approximate surface area is 350 Å². The van der Waals surface area contributed by atoms with Gasteiger partial charge in [-0.05, 0) is 133 Å². The first-order valence-corrected chi connectivity index (χ1v) is 21.4. The number of hydrogen-bond acceptors (Lipinski definition) is 1. The lowest BCUT2D eigenvalue weighted by atomic mass is 9.49. The highest BCUT2D eigenvalue weighted by atomic mass is 16.3. The summed E-state index contributed by atoms with van der Waals surface area (Å²) < 4.78 is 6.30. The zero-order chi connectivity index (χ0) is 40.7. The van der Waals surface area contributed by atoms with Crippen molar-refractivity contribution in [1.29, 1.82) is 0 Å². The summed E-state index contributed by atoms with van der Waals surface area (Å²) in [6.07, 6.45) is 0. The molecule has 11 aromatic rings. The molecule has 0 saturated heterocycles. The van der Waals surface area contributed by atoms with Gasteiger partial charge in [-0.2, -0.15) is 0 Å². The molecule has 1 aromatic heterocycles. The Kier molecular flexibility index (Phi) is 7.16. The number of hydrogen-bond donors (Lipinski definition) is 0. The van der Waals surface area contributed by atoms with Gasteiger partial charge in [0.25, 0.3) is 0 Å². The van der Waals surface area contributed by atoms with Crippen LogP contribution in [0, 0.1) is 10.8 Å². The molecule has 1 heteroatoms. The average molecular weight is 771 g/mol. The lowest BCUT2D eigenvalue weighted by Gasteiger charge is -2.54. The topological polar surface area (TPSA) is 13.1 Å². The minimum atomic E-state index is -0.323. The van der Waals surface area contributed by atoms with Crippen molar-refractivity contribution in [3.63, 3.8) is 0 Å². The molecule has 0 unspecified atom stereocenters. The Morgan fingerprint density at radius 3 is 1.30 bits per heavy atom. The fraction of sp³-hybridized carbons (Fsp3) is 0.153. The molecular weight excluding hydrogens is 725 g/mol. The van der Waals surface area contributed by atoms with E-state index in [-0.39, 0.29) is 16.2 Å². The summed E-state index contributed by atoms with van der Waals surface area (Å²) in [7, 11) is 0. The maximum Gasteiger partial charge on any atom is 0.135 e. The predicted octanol–water partition coefficient (Wildman–Crippen LogP) is 17.0. The smallest absolute Gasteiger partial charge is 0.135 e. The Morgan fingerprint density at radius 2 is 0.733 bits per heavy atom. The van der Waals surface area contributed by atoms with E-state index in [1.807, 2.05) is 6.07 Å². The third-order valence-electron chi connectivity index (χ3n) is 14.1. The Bertz CT molecular complexity index is 3550. The molecule has 60 heavy (non-hydrogen) atoms. The maximum absolute atomic E-state index is 6.30. The van der Waals surface area contributed by atoms with E-state index in [1.54, 1.807) is 0 Å². The van der Waals surface area contributed by atoms with E-state index in [4.69, 9.17) is 4.42 Å². The van der Waals surface area contributed by atoms with Crippen molar-refractivity contribution in [1.82, 2.24) is 0 Å². The van der Waals surface area contributed by atoms with Crippen molar-refractivity contribution in [2.75, 3.05) is 0 Å². The minimum absolute atomic E-state index is 0.136. The third-order valence-corrected chi connectivity index (χ3v) is 14.1. The molecular formula is C59H46O. The van der Waals surface area contributed by atoms with Crippen LogP contribution >= 0.6 is 0 Å². The molecule has 1 aliphatic rings. The highest BCUT2D eigenvalue weighted by Crippen LogP contribution is 2.69. The van der Waals surface area contributed by atoms with Gasteiger partial charge >= 0.3 is 0 Å². The number of furan rings is 1. The fourth-order valence-corrected chi connectivity index (χ4v) is 12.4. The highest BCUT2D eigenvalue weighted by Gasteiger charge is 2.59. The minimum Gasteiger partial charge on any atom is -0.456 e. The quantitative estimate of drug-likeness (QED) is 0.126. The van der Waals surface area contributed by atoms with E-state index in [0.29, 0.717) is 0 Å². The first-order valence-electron chi connectivity index (χ1n) is 21.4. The van der Waals surface area contributed by atoms with E-state index in [2.05, 4.69) is 205 Å². The molecule has 0 saturated carbocycles. The lowest BCUT2D eigenvalue weighted by molar-refractivity contribution is 0.0977. The standard InChI is InChI=1S/C59H46O/c1-57(2,3)59(58(4,5)6)55-45-28-15-9-21-38(45)48(34-49(55)54-40-23-10-7-19-36(40)37-20-8-16-29-46(37)56(54)59)53-43-26-13-11-24-41(43)52(42-25-12-14-27-44(42)53)35-31-32-51-47(33-35)39-22-17-18-30-50(39)60-51/h7-34H,1-6H3. The van der Waals surface area contributed by atoms with Crippen LogP contribution in [-0.4, -0.2) is 0 Å². The molecule has 12 rings (SSSR count). The molecule has 0 amide bonds. The lowest BCUT2D eigenvalue weighted by Crippen LogP contribution is -2.50. The van der Waals surface area contributed by atoms with Crippen LogP contribution in [0.3, 0.4) is 0 Å². The van der Waals surface area contributed by atoms with Crippen molar-refractivity contribution >= 4 is 75.8 Å². The van der Waals surface area contributed by atoms with Gasteiger partial charge in [0.05, 0.1) is 0 Å². The molecule has 0 radical (unpaired) electrons. The van der Waals surface area contributed by atoms with Crippen LogP contribution in [0.5, 0.6) is 0 Å². The second kappa shape index (κ2) is 12.2. The molecule has 0 fully saturated rings. The molecule has 0 atom stereocenters. The summed E-state index contributed by atoms with van der Waals surface area (Å²) >= 11 is 0. The summed E-state index contributed by atoms with van der Waals surface area (Å²) in [5.41, 5.74) is 11.9. The number of para-hydroxylation sites is 1. The van der Waals surface area contributed by atoms with Gasteiger partial charge in [-0.1, -0.05) is 187 Å². The van der Waals surface area contributed by atoms with E-state index < -0.39 is 0 Å². The zero-order valence-electron chi connectivity index (χ0n) is 35.1. The molecule has 0 aliphatic heterocycles. The van der Waals surface area contributed by atoms with E-state index >= 15 is 0 Å². The van der Waals surface area contributed by atoms with Crippen LogP contribution < -0.4 is 0 Å². The summed E-state index contributed by atoms with van der Waals surface area (Å²) in [6, 6.07) is 63.5. The normalized spacial score (nSPS) is 14.0. The Balaban J connectivity index is 1.26. The summed E-state index contributed by atoms with van der Waals surface area (Å²) in [5.74, 6) is 0. The van der Waals surface area contributed by atoms with E-state index in [0.717, 1.165) is 21.9 Å². The van der Waals surface area contributed by atoms with Crippen LogP contribution in [0.2, 0.25) is 0 Å². The predicted molar refractivity (Wildman–Crippen MR) is 257 cm³/mol. The fourth-order valence-electron chi connectivity index (χ4n) is 12.4. The van der Waals surface area contributed by atoms with Crippen LogP contribution in [0.25, 0.3) is 109 Å². The van der Waals surface area contributed by atoms with Gasteiger partial charge in [-0.15, -0.1) is 0 Å². The monoisotopic (exact) mass is 770 g/mol. The Morgan fingerprint density at radius 1 is 0.317 bits per heavy atom. The zero-order valence-corrected chi connectivity index (χ0v) is 35.1. The van der Waals surface area contributed by atoms with Gasteiger partial charge in [-0.25, -0.2) is 0 Å². The van der Waals surface area contributed by atoms with Crippen LogP contribution in [0.15, 0.2) is 174 Å². The van der Waals surface area contributed by atoms with Crippen molar-refractivity contribution in [2.24, 2.45) is 10.8 Å². The Hall–Kier alpha value is -6.70. The van der Waals surface area contributed by atoms with Gasteiger partial charge in [0.2, 0.25) is 0 Å². The molecule has 1 nitrogen and oxygen atoms in total. The third kappa shape index (κ3) is 4.48. The van der Waals surface area contributed by atoms with E-state index in [1.165, 1.54) is 98.4 Å². The first-order chi connectivity index (χ1) is 29.1. The van der Waals surface area contributed by atoms with Crippen LogP contribution in [0.1, 0.15) is 52.7 Å². The molecule has 0 N–H and O–H groups in total. The summed E-state index contributed by atoms with van der Waals surface area (Å²) in [4.78, 5) is 0. The maximum atomic E-state index is 6.30. The SMILES string of the molecule is CC(C)(C)C1(C(C)(C)C)c2c(cc(-c3c4ccccc4c(-c4ccc5oc6ccccc6c5c4)c4ccccc34)c3ccccc23)-c2c1c1ccccc1c1ccccc21. The molecule has 0 bridgehead atoms. The second-order valence-corrected chi connectivity index (χ2v) is 19.1. The van der Waals surface area contributed by atoms with Gasteiger partial charge in [0.1, 0.15) is 11.2 Å². The average Bonchev–Trinajstić information content (AvgIpc) is 3.80. The molecule has 10 aromatic carbocycles. The van der Waals surface area contributed by atoms with Gasteiger partial charge in [0.15, 0.2) is 0 Å². The second-order valence-electron chi connectivity index (χ2n) is 19.1. The van der Waals surface area contributed by atoms with Crippen molar-refractivity contribution in [3.05, 3.63) is 181 Å². The van der Waals surface area contributed by atoms with Gasteiger partial charge < -0.3 is 4.42 Å². The van der Waals surface area contributed by atoms with Crippen molar-refractivity contribution in [3.8, 4) is 33.4 Å². The van der Waals surface area contributed by atoms with E-state index in [9.17, 15) is 0 Å². The molecule has 288 valence electrons. The van der Waals surface area contributed by atoms with Crippen LogP contribution in [-0.2, 0) is 5.41 Å². The molecule has 0 spiro atoms. The summed E-state index contributed by atoms with van der Waals surface area (Å²) in [5, 5.41) is 15.3. The van der Waals surface area contributed by atoms with Gasteiger partial charge in [-0.3, -0.25) is 0 Å². The number of rotatable bonds is 2. The molecule has 1 heterocycles. The van der Waals surface area contributed by atoms with Crippen molar-refractivity contribution in [2.45, 2.75) is 47.0 Å². The van der Waals surface area contributed by atoms with Gasteiger partial charge in [0, 0.05) is 16.2 Å². The summed E-state index contributed by atoms with van der Waals surface area (Å²) in [6.45, 7) is 14.9. The van der Waals surface area contributed by atoms with Crippen LogP contribution in [0.4, 0.5) is 0 Å². The highest BCUT2D eigenvalue weighted by molar-refractivity contribution is 6.26.